The number of nitrogens with one attached hydrogen (secondary N) is 1. The van der Waals surface area contributed by atoms with Crippen molar-refractivity contribution in [3.8, 4) is 11.5 Å². The molecule has 150 valence electrons. The molecule has 1 saturated heterocycles. The number of morpholine rings is 1. The van der Waals surface area contributed by atoms with Crippen LogP contribution in [-0.4, -0.2) is 50.3 Å². The molecule has 0 spiro atoms. The van der Waals surface area contributed by atoms with Crippen molar-refractivity contribution in [2.45, 2.75) is 26.1 Å². The topological polar surface area (TPSA) is 60.0 Å². The number of para-hydroxylation sites is 2. The molecule has 0 saturated carbocycles. The lowest BCUT2D eigenvalue weighted by atomic mass is 10.1. The number of hydrogen-bond donors (Lipinski definition) is 1. The summed E-state index contributed by atoms with van der Waals surface area (Å²) in [5.41, 5.74) is 2.33. The van der Waals surface area contributed by atoms with Gasteiger partial charge in [0.05, 0.1) is 20.3 Å². The molecule has 1 aliphatic heterocycles. The summed E-state index contributed by atoms with van der Waals surface area (Å²) in [6.07, 6.45) is -0.614. The third-order valence-electron chi connectivity index (χ3n) is 4.74. The van der Waals surface area contributed by atoms with E-state index in [9.17, 15) is 4.79 Å². The van der Waals surface area contributed by atoms with Crippen molar-refractivity contribution < 1.29 is 19.0 Å². The van der Waals surface area contributed by atoms with E-state index in [-0.39, 0.29) is 5.91 Å². The number of hydrogen-bond acceptors (Lipinski definition) is 5. The molecule has 1 amide bonds. The van der Waals surface area contributed by atoms with Crippen molar-refractivity contribution in [1.82, 2.24) is 10.2 Å². The van der Waals surface area contributed by atoms with Gasteiger partial charge in [-0.25, -0.2) is 0 Å². The highest BCUT2D eigenvalue weighted by atomic mass is 16.5. The molecule has 1 aliphatic rings. The molecule has 1 N–H and O–H groups in total. The van der Waals surface area contributed by atoms with Gasteiger partial charge in [0, 0.05) is 26.2 Å². The monoisotopic (exact) mass is 384 g/mol. The Labute approximate surface area is 166 Å². The first kappa shape index (κ1) is 20.2. The number of amides is 1. The Kier molecular flexibility index (Phi) is 7.28. The maximum atomic E-state index is 12.4. The van der Waals surface area contributed by atoms with Gasteiger partial charge in [-0.2, -0.15) is 0 Å². The van der Waals surface area contributed by atoms with Gasteiger partial charge in [-0.3, -0.25) is 9.69 Å². The van der Waals surface area contributed by atoms with Crippen LogP contribution in [0.1, 0.15) is 18.1 Å². The predicted molar refractivity (Wildman–Crippen MR) is 107 cm³/mol. The summed E-state index contributed by atoms with van der Waals surface area (Å²) >= 11 is 0. The van der Waals surface area contributed by atoms with Crippen LogP contribution in [0.25, 0.3) is 0 Å². The first-order chi connectivity index (χ1) is 13.7. The van der Waals surface area contributed by atoms with Crippen molar-refractivity contribution in [1.29, 1.82) is 0 Å². The number of carbonyl (C=O) groups excluding carboxylic acids is 1. The van der Waals surface area contributed by atoms with Gasteiger partial charge in [0.2, 0.25) is 0 Å². The molecule has 1 heterocycles. The van der Waals surface area contributed by atoms with Crippen molar-refractivity contribution in [2.75, 3.05) is 33.4 Å². The molecular weight excluding hydrogens is 356 g/mol. The summed E-state index contributed by atoms with van der Waals surface area (Å²) in [5, 5.41) is 2.93. The summed E-state index contributed by atoms with van der Waals surface area (Å²) in [6.45, 7) is 6.69. The van der Waals surface area contributed by atoms with Crippen molar-refractivity contribution in [3.63, 3.8) is 0 Å². The van der Waals surface area contributed by atoms with Crippen LogP contribution in [0.3, 0.4) is 0 Å². The Hall–Kier alpha value is -2.57. The predicted octanol–water partition coefficient (Wildman–Crippen LogP) is 2.61. The standard InChI is InChI=1S/C22H28N2O4/c1-17(28-21-6-4-3-5-20(21)26-2)22(25)23-15-18-7-9-19(10-8-18)16-24-11-13-27-14-12-24/h3-10,17H,11-16H2,1-2H3,(H,23,25). The molecule has 0 radical (unpaired) electrons. The van der Waals surface area contributed by atoms with Gasteiger partial charge in [-0.05, 0) is 30.2 Å². The average Bonchev–Trinajstić information content (AvgIpc) is 2.74. The summed E-state index contributed by atoms with van der Waals surface area (Å²) in [6, 6.07) is 15.6. The van der Waals surface area contributed by atoms with Crippen molar-refractivity contribution in [3.05, 3.63) is 59.7 Å². The Bertz CT molecular complexity index is 757. The maximum Gasteiger partial charge on any atom is 0.261 e. The van der Waals surface area contributed by atoms with Gasteiger partial charge in [0.25, 0.3) is 5.91 Å². The van der Waals surface area contributed by atoms with E-state index in [4.69, 9.17) is 14.2 Å². The lowest BCUT2D eigenvalue weighted by Gasteiger charge is -2.26. The molecule has 2 aromatic carbocycles. The van der Waals surface area contributed by atoms with Crippen LogP contribution in [0.15, 0.2) is 48.5 Å². The SMILES string of the molecule is COc1ccccc1OC(C)C(=O)NCc1ccc(CN2CCOCC2)cc1. The number of methoxy groups -OCH3 is 1. The largest absolute Gasteiger partial charge is 0.493 e. The van der Waals surface area contributed by atoms with E-state index >= 15 is 0 Å². The highest BCUT2D eigenvalue weighted by Crippen LogP contribution is 2.26. The molecule has 6 nitrogen and oxygen atoms in total. The van der Waals surface area contributed by atoms with Crippen LogP contribution in [0, 0.1) is 0 Å². The van der Waals surface area contributed by atoms with Crippen LogP contribution in [0.4, 0.5) is 0 Å². The fraction of sp³-hybridized carbons (Fsp3) is 0.409. The van der Waals surface area contributed by atoms with E-state index < -0.39 is 6.10 Å². The van der Waals surface area contributed by atoms with Crippen molar-refractivity contribution >= 4 is 5.91 Å². The summed E-state index contributed by atoms with van der Waals surface area (Å²) < 4.78 is 16.4. The lowest BCUT2D eigenvalue weighted by Crippen LogP contribution is -2.36. The van der Waals surface area contributed by atoms with E-state index in [0.29, 0.717) is 18.0 Å². The van der Waals surface area contributed by atoms with Crippen LogP contribution in [0.5, 0.6) is 11.5 Å². The molecule has 1 unspecified atom stereocenters. The van der Waals surface area contributed by atoms with E-state index in [1.165, 1.54) is 5.56 Å². The Morgan fingerprint density at radius 3 is 2.39 bits per heavy atom. The minimum Gasteiger partial charge on any atom is -0.493 e. The van der Waals surface area contributed by atoms with Gasteiger partial charge in [0.1, 0.15) is 0 Å². The maximum absolute atomic E-state index is 12.4. The van der Waals surface area contributed by atoms with E-state index in [1.807, 2.05) is 12.1 Å². The summed E-state index contributed by atoms with van der Waals surface area (Å²) in [5.74, 6) is 1.00. The second-order valence-corrected chi connectivity index (χ2v) is 6.83. The van der Waals surface area contributed by atoms with Crippen LogP contribution < -0.4 is 14.8 Å². The van der Waals surface area contributed by atoms with Crippen LogP contribution in [-0.2, 0) is 22.6 Å². The molecule has 3 rings (SSSR count). The minimum atomic E-state index is -0.614. The molecule has 0 aromatic heterocycles. The zero-order chi connectivity index (χ0) is 19.8. The van der Waals surface area contributed by atoms with Gasteiger partial charge < -0.3 is 19.5 Å². The third-order valence-corrected chi connectivity index (χ3v) is 4.74. The first-order valence-electron chi connectivity index (χ1n) is 9.61. The van der Waals surface area contributed by atoms with E-state index in [1.54, 1.807) is 26.2 Å². The van der Waals surface area contributed by atoms with Gasteiger partial charge in [-0.15, -0.1) is 0 Å². The Morgan fingerprint density at radius 2 is 1.71 bits per heavy atom. The van der Waals surface area contributed by atoms with Crippen molar-refractivity contribution in [2.24, 2.45) is 0 Å². The molecule has 1 fully saturated rings. The van der Waals surface area contributed by atoms with Gasteiger partial charge in [-0.1, -0.05) is 36.4 Å². The third kappa shape index (κ3) is 5.71. The van der Waals surface area contributed by atoms with Crippen LogP contribution in [0.2, 0.25) is 0 Å². The second kappa shape index (κ2) is 10.1. The number of ether oxygens (including phenoxy) is 3. The number of rotatable bonds is 8. The van der Waals surface area contributed by atoms with Gasteiger partial charge >= 0.3 is 0 Å². The molecule has 1 atom stereocenters. The highest BCUT2D eigenvalue weighted by Gasteiger charge is 2.16. The van der Waals surface area contributed by atoms with Crippen LogP contribution >= 0.6 is 0 Å². The fourth-order valence-corrected chi connectivity index (χ4v) is 3.07. The fourth-order valence-electron chi connectivity index (χ4n) is 3.07. The first-order valence-corrected chi connectivity index (χ1v) is 9.61. The molecular formula is C22H28N2O4. The smallest absolute Gasteiger partial charge is 0.261 e. The normalized spacial score (nSPS) is 15.6. The Morgan fingerprint density at radius 1 is 1.07 bits per heavy atom. The second-order valence-electron chi connectivity index (χ2n) is 6.83. The average molecular weight is 384 g/mol. The quantitative estimate of drug-likeness (QED) is 0.758. The Balaban J connectivity index is 1.47. The molecule has 0 aliphatic carbocycles. The zero-order valence-electron chi connectivity index (χ0n) is 16.5. The summed E-state index contributed by atoms with van der Waals surface area (Å²) in [4.78, 5) is 14.7. The lowest BCUT2D eigenvalue weighted by molar-refractivity contribution is -0.127. The highest BCUT2D eigenvalue weighted by molar-refractivity contribution is 5.80. The zero-order valence-corrected chi connectivity index (χ0v) is 16.5. The number of benzene rings is 2. The summed E-state index contributed by atoms with van der Waals surface area (Å²) in [7, 11) is 1.58. The number of nitrogens with zero attached hydrogens (tertiary/aromatic N) is 1. The van der Waals surface area contributed by atoms with E-state index in [2.05, 4.69) is 34.5 Å². The van der Waals surface area contributed by atoms with Gasteiger partial charge in [0.15, 0.2) is 17.6 Å². The van der Waals surface area contributed by atoms with E-state index in [0.717, 1.165) is 38.4 Å². The minimum absolute atomic E-state index is 0.164. The molecule has 6 heteroatoms. The molecule has 28 heavy (non-hydrogen) atoms. The number of carbonyl (C=O) groups is 1. The molecule has 0 bridgehead atoms. The molecule has 2 aromatic rings.